The number of rotatable bonds is 3. The van der Waals surface area contributed by atoms with Crippen LogP contribution in [0, 0.1) is 11.3 Å². The molecule has 1 fully saturated rings. The van der Waals surface area contributed by atoms with Crippen LogP contribution in [0.4, 0.5) is 13.2 Å². The Morgan fingerprint density at radius 1 is 1.23 bits per heavy atom. The van der Waals surface area contributed by atoms with Crippen molar-refractivity contribution in [2.45, 2.75) is 51.2 Å². The van der Waals surface area contributed by atoms with Crippen molar-refractivity contribution < 1.29 is 18.0 Å². The molecule has 0 bridgehead atoms. The van der Waals surface area contributed by atoms with Crippen molar-refractivity contribution in [3.63, 3.8) is 0 Å². The topological polar surface area (TPSA) is 32.3 Å². The fraction of sp³-hybridized carbons (Fsp3) is 0.550. The minimum absolute atomic E-state index is 0.000337. The number of Topliss-reactive ketones (excluding diaryl/α,β-unsaturated/α-hetero) is 1. The lowest BCUT2D eigenvalue weighted by atomic mass is 9.73. The van der Waals surface area contributed by atoms with Crippen LogP contribution >= 0.6 is 0 Å². The molecule has 1 heterocycles. The number of alkyl halides is 3. The zero-order chi connectivity index (χ0) is 18.7. The molecule has 4 rings (SSSR count). The molecule has 1 saturated carbocycles. The van der Waals surface area contributed by atoms with Crippen LogP contribution in [-0.2, 0) is 4.79 Å². The first-order chi connectivity index (χ1) is 12.2. The zero-order valence-corrected chi connectivity index (χ0v) is 14.9. The minimum Gasteiger partial charge on any atom is -0.302 e. The summed E-state index contributed by atoms with van der Waals surface area (Å²) in [7, 11) is 0. The van der Waals surface area contributed by atoms with E-state index in [4.69, 9.17) is 0 Å². The molecule has 3 nitrogen and oxygen atoms in total. The Morgan fingerprint density at radius 3 is 2.58 bits per heavy atom. The SMILES string of the molecule is CC1(C)CCC2=C(C1=O)C([C@@H]1C[C@H]1c1ccccc1)NN2CC(F)(F)F. The van der Waals surface area contributed by atoms with Gasteiger partial charge < -0.3 is 5.01 Å². The molecule has 140 valence electrons. The lowest BCUT2D eigenvalue weighted by molar-refractivity contribution is -0.147. The van der Waals surface area contributed by atoms with Crippen LogP contribution in [0.3, 0.4) is 0 Å². The van der Waals surface area contributed by atoms with Crippen molar-refractivity contribution in [3.8, 4) is 0 Å². The van der Waals surface area contributed by atoms with E-state index < -0.39 is 18.1 Å². The van der Waals surface area contributed by atoms with Crippen LogP contribution in [0.25, 0.3) is 0 Å². The summed E-state index contributed by atoms with van der Waals surface area (Å²) in [4.78, 5) is 13.0. The molecule has 1 aromatic rings. The third-order valence-corrected chi connectivity index (χ3v) is 5.92. The van der Waals surface area contributed by atoms with Gasteiger partial charge in [-0.2, -0.15) is 13.2 Å². The van der Waals surface area contributed by atoms with Gasteiger partial charge in [-0.05, 0) is 36.7 Å². The molecule has 0 aromatic heterocycles. The van der Waals surface area contributed by atoms with Crippen molar-refractivity contribution in [1.82, 2.24) is 10.4 Å². The largest absolute Gasteiger partial charge is 0.407 e. The molecular weight excluding hydrogens is 341 g/mol. The number of allylic oxidation sites excluding steroid dienone is 1. The van der Waals surface area contributed by atoms with Crippen molar-refractivity contribution in [2.24, 2.45) is 11.3 Å². The highest BCUT2D eigenvalue weighted by molar-refractivity contribution is 6.02. The lowest BCUT2D eigenvalue weighted by Crippen LogP contribution is -2.43. The molecule has 0 saturated heterocycles. The lowest BCUT2D eigenvalue weighted by Gasteiger charge is -2.31. The van der Waals surface area contributed by atoms with E-state index in [-0.39, 0.29) is 17.7 Å². The Morgan fingerprint density at radius 2 is 1.92 bits per heavy atom. The van der Waals surface area contributed by atoms with Gasteiger partial charge in [0, 0.05) is 16.7 Å². The Bertz CT molecular complexity index is 754. The van der Waals surface area contributed by atoms with Crippen molar-refractivity contribution in [3.05, 3.63) is 47.2 Å². The first kappa shape index (κ1) is 17.6. The van der Waals surface area contributed by atoms with Crippen LogP contribution in [0.15, 0.2) is 41.6 Å². The van der Waals surface area contributed by atoms with E-state index in [1.165, 1.54) is 10.6 Å². The highest BCUT2D eigenvalue weighted by Crippen LogP contribution is 2.54. The third-order valence-electron chi connectivity index (χ3n) is 5.92. The number of carbonyl (C=O) groups excluding carboxylic acids is 1. The van der Waals surface area contributed by atoms with E-state index in [1.807, 2.05) is 32.0 Å². The summed E-state index contributed by atoms with van der Waals surface area (Å²) in [5, 5.41) is 1.19. The van der Waals surface area contributed by atoms with E-state index in [9.17, 15) is 18.0 Å². The van der Waals surface area contributed by atoms with Crippen LogP contribution in [0.2, 0.25) is 0 Å². The maximum Gasteiger partial charge on any atom is 0.407 e. The molecule has 1 aromatic carbocycles. The average Bonchev–Trinajstić information content (AvgIpc) is 3.28. The van der Waals surface area contributed by atoms with Gasteiger partial charge in [0.15, 0.2) is 5.78 Å². The van der Waals surface area contributed by atoms with E-state index in [1.54, 1.807) is 0 Å². The molecular formula is C20H23F3N2O. The van der Waals surface area contributed by atoms with Gasteiger partial charge >= 0.3 is 6.18 Å². The van der Waals surface area contributed by atoms with Gasteiger partial charge in [-0.25, -0.2) is 5.43 Å². The van der Waals surface area contributed by atoms with Crippen LogP contribution < -0.4 is 5.43 Å². The molecule has 3 atom stereocenters. The molecule has 0 amide bonds. The van der Waals surface area contributed by atoms with E-state index >= 15 is 0 Å². The second kappa shape index (κ2) is 5.84. The molecule has 0 spiro atoms. The third kappa shape index (κ3) is 3.04. The maximum atomic E-state index is 13.0. The van der Waals surface area contributed by atoms with E-state index in [0.717, 1.165) is 6.42 Å². The number of carbonyl (C=O) groups is 1. The van der Waals surface area contributed by atoms with Crippen LogP contribution in [0.1, 0.15) is 44.6 Å². The summed E-state index contributed by atoms with van der Waals surface area (Å²) in [5.41, 5.74) is 4.86. The Kier molecular flexibility index (Phi) is 3.95. The molecule has 1 N–H and O–H groups in total. The standard InChI is InChI=1S/C20H23F3N2O/c1-19(2)9-8-15-16(18(19)26)17(24-25(15)11-20(21,22)23)14-10-13(14)12-6-4-3-5-7-12/h3-7,13-14,17,24H,8-11H2,1-2H3/t13-,14+,17?/m0/s1. The van der Waals surface area contributed by atoms with Gasteiger partial charge in [-0.15, -0.1) is 0 Å². The van der Waals surface area contributed by atoms with E-state index in [2.05, 4.69) is 17.6 Å². The smallest absolute Gasteiger partial charge is 0.302 e. The first-order valence-corrected chi connectivity index (χ1v) is 9.11. The highest BCUT2D eigenvalue weighted by Gasteiger charge is 2.54. The van der Waals surface area contributed by atoms with Gasteiger partial charge in [0.25, 0.3) is 0 Å². The zero-order valence-electron chi connectivity index (χ0n) is 14.9. The number of hydrogen-bond donors (Lipinski definition) is 1. The van der Waals surface area contributed by atoms with Crippen molar-refractivity contribution >= 4 is 5.78 Å². The molecule has 6 heteroatoms. The minimum atomic E-state index is -4.31. The van der Waals surface area contributed by atoms with Crippen molar-refractivity contribution in [2.75, 3.05) is 6.54 Å². The molecule has 1 unspecified atom stereocenters. The Hall–Kier alpha value is -1.82. The molecule has 0 radical (unpaired) electrons. The molecule has 26 heavy (non-hydrogen) atoms. The monoisotopic (exact) mass is 364 g/mol. The van der Waals surface area contributed by atoms with Gasteiger partial charge in [-0.3, -0.25) is 4.79 Å². The summed E-state index contributed by atoms with van der Waals surface area (Å²) in [6, 6.07) is 9.69. The summed E-state index contributed by atoms with van der Waals surface area (Å²) < 4.78 is 39.0. The number of halogens is 3. The normalized spacial score (nSPS) is 30.6. The second-order valence-electron chi connectivity index (χ2n) is 8.30. The van der Waals surface area contributed by atoms with E-state index in [0.29, 0.717) is 30.0 Å². The summed E-state index contributed by atoms with van der Waals surface area (Å²) in [6.07, 6.45) is -2.32. The number of nitrogens with zero attached hydrogens (tertiary/aromatic N) is 1. The average molecular weight is 364 g/mol. The number of ketones is 1. The molecule has 3 aliphatic rings. The fourth-order valence-electron chi connectivity index (χ4n) is 4.38. The van der Waals surface area contributed by atoms with Gasteiger partial charge in [-0.1, -0.05) is 44.2 Å². The number of benzene rings is 1. The predicted octanol–water partition coefficient (Wildman–Crippen LogP) is 4.18. The molecule has 1 aliphatic heterocycles. The van der Waals surface area contributed by atoms with Crippen molar-refractivity contribution in [1.29, 1.82) is 0 Å². The van der Waals surface area contributed by atoms with Gasteiger partial charge in [0.2, 0.25) is 0 Å². The predicted molar refractivity (Wildman–Crippen MR) is 92.0 cm³/mol. The molecule has 2 aliphatic carbocycles. The number of nitrogens with one attached hydrogen (secondary N) is 1. The number of hydrogen-bond acceptors (Lipinski definition) is 3. The van der Waals surface area contributed by atoms with Gasteiger partial charge in [0.1, 0.15) is 6.54 Å². The fourth-order valence-corrected chi connectivity index (χ4v) is 4.38. The van der Waals surface area contributed by atoms with Crippen LogP contribution in [-0.4, -0.2) is 29.6 Å². The quantitative estimate of drug-likeness (QED) is 0.873. The second-order valence-corrected chi connectivity index (χ2v) is 8.30. The Labute approximate surface area is 151 Å². The maximum absolute atomic E-state index is 13.0. The van der Waals surface area contributed by atoms with Gasteiger partial charge in [0.05, 0.1) is 6.04 Å². The summed E-state index contributed by atoms with van der Waals surface area (Å²) >= 11 is 0. The van der Waals surface area contributed by atoms with Crippen LogP contribution in [0.5, 0.6) is 0 Å². The first-order valence-electron chi connectivity index (χ1n) is 9.11. The highest BCUT2D eigenvalue weighted by atomic mass is 19.4. The number of hydrazine groups is 1. The Balaban J connectivity index is 1.63. The summed E-state index contributed by atoms with van der Waals surface area (Å²) in [5.74, 6) is 0.462. The summed E-state index contributed by atoms with van der Waals surface area (Å²) in [6.45, 7) is 2.73.